The summed E-state index contributed by atoms with van der Waals surface area (Å²) in [5.74, 6) is 1.27. The lowest BCUT2D eigenvalue weighted by molar-refractivity contribution is -0.105. The number of aromatic nitrogens is 5. The minimum atomic E-state index is 0.166. The number of pyridine rings is 1. The summed E-state index contributed by atoms with van der Waals surface area (Å²) < 4.78 is 5.45. The third-order valence-electron chi connectivity index (χ3n) is 3.86. The number of hydrogen-bond donors (Lipinski definition) is 3. The molecule has 4 aromatic rings. The van der Waals surface area contributed by atoms with Crippen molar-refractivity contribution in [2.24, 2.45) is 0 Å². The maximum Gasteiger partial charge on any atom is 0.231 e. The fourth-order valence-electron chi connectivity index (χ4n) is 2.65. The second-order valence-corrected chi connectivity index (χ2v) is 5.57. The van der Waals surface area contributed by atoms with Crippen LogP contribution >= 0.6 is 0 Å². The largest absolute Gasteiger partial charge is 0.494 e. The number of carbonyl (C=O) groups excluding carboxylic acids is 1. The zero-order valence-corrected chi connectivity index (χ0v) is 14.3. The van der Waals surface area contributed by atoms with Gasteiger partial charge in [-0.2, -0.15) is 10.1 Å². The molecule has 0 unspecified atom stereocenters. The lowest BCUT2D eigenvalue weighted by atomic mass is 10.2. The van der Waals surface area contributed by atoms with E-state index in [2.05, 4.69) is 35.8 Å². The van der Waals surface area contributed by atoms with E-state index >= 15 is 0 Å². The van der Waals surface area contributed by atoms with E-state index in [0.717, 1.165) is 10.9 Å². The number of nitrogens with zero attached hydrogens (tertiary/aromatic N) is 4. The normalized spacial score (nSPS) is 10.6. The molecule has 0 aliphatic rings. The third-order valence-corrected chi connectivity index (χ3v) is 3.86. The number of aromatic amines is 1. The summed E-state index contributed by atoms with van der Waals surface area (Å²) >= 11 is 0. The first kappa shape index (κ1) is 16.5. The van der Waals surface area contributed by atoms with Crippen molar-refractivity contribution in [3.8, 4) is 17.1 Å². The van der Waals surface area contributed by atoms with Crippen molar-refractivity contribution < 1.29 is 9.53 Å². The van der Waals surface area contributed by atoms with Gasteiger partial charge in [-0.25, -0.2) is 4.98 Å². The Morgan fingerprint density at radius 3 is 2.85 bits per heavy atom. The van der Waals surface area contributed by atoms with E-state index in [1.54, 1.807) is 25.6 Å². The number of rotatable bonds is 6. The fraction of sp³-hybridized carbons (Fsp3) is 0.0556. The number of ether oxygens (including phenoxy) is 1. The molecule has 3 aromatic heterocycles. The van der Waals surface area contributed by atoms with Crippen LogP contribution in [0, 0.1) is 0 Å². The van der Waals surface area contributed by atoms with Crippen LogP contribution < -0.4 is 15.4 Å². The van der Waals surface area contributed by atoms with Gasteiger partial charge >= 0.3 is 0 Å². The number of anilines is 3. The average Bonchev–Trinajstić information content (AvgIpc) is 3.15. The standard InChI is InChI=1S/C18H15N7O2/c1-27-16-7-13-11(9-21-25-13)6-15(16)22-17-8-14(12-4-2-3-5-19-12)23-18(24-17)20-10-26/h2-10H,1H3,(H,21,25)(H2,20,22,23,24,26). The Hall–Kier alpha value is -4.01. The zero-order chi connectivity index (χ0) is 18.6. The molecule has 0 fully saturated rings. The van der Waals surface area contributed by atoms with Crippen LogP contribution in [-0.4, -0.2) is 38.7 Å². The van der Waals surface area contributed by atoms with Crippen LogP contribution in [0.15, 0.2) is 48.8 Å². The summed E-state index contributed by atoms with van der Waals surface area (Å²) in [5.41, 5.74) is 2.79. The smallest absolute Gasteiger partial charge is 0.231 e. The molecule has 134 valence electrons. The third kappa shape index (κ3) is 3.38. The first-order valence-electron chi connectivity index (χ1n) is 8.05. The Kier molecular flexibility index (Phi) is 4.32. The lowest BCUT2D eigenvalue weighted by Crippen LogP contribution is -2.05. The van der Waals surface area contributed by atoms with Gasteiger partial charge in [0.2, 0.25) is 12.4 Å². The monoisotopic (exact) mass is 361 g/mol. The van der Waals surface area contributed by atoms with Gasteiger partial charge in [0, 0.05) is 23.7 Å². The lowest BCUT2D eigenvalue weighted by Gasteiger charge is -2.12. The highest BCUT2D eigenvalue weighted by Crippen LogP contribution is 2.32. The quantitative estimate of drug-likeness (QED) is 0.452. The van der Waals surface area contributed by atoms with E-state index < -0.39 is 0 Å². The maximum atomic E-state index is 10.9. The Balaban J connectivity index is 1.77. The number of amides is 1. The zero-order valence-electron chi connectivity index (χ0n) is 14.3. The first-order chi connectivity index (χ1) is 13.3. The van der Waals surface area contributed by atoms with Crippen molar-refractivity contribution in [3.63, 3.8) is 0 Å². The van der Waals surface area contributed by atoms with Gasteiger partial charge in [-0.3, -0.25) is 20.2 Å². The molecule has 0 aliphatic carbocycles. The molecule has 0 atom stereocenters. The highest BCUT2D eigenvalue weighted by molar-refractivity contribution is 5.86. The van der Waals surface area contributed by atoms with Gasteiger partial charge in [-0.1, -0.05) is 6.07 Å². The second kappa shape index (κ2) is 7.08. The average molecular weight is 361 g/mol. The molecule has 1 amide bonds. The number of nitrogens with one attached hydrogen (secondary N) is 3. The molecule has 0 spiro atoms. The molecule has 27 heavy (non-hydrogen) atoms. The molecular weight excluding hydrogens is 346 g/mol. The first-order valence-corrected chi connectivity index (χ1v) is 8.05. The molecule has 9 nitrogen and oxygen atoms in total. The van der Waals surface area contributed by atoms with Gasteiger partial charge in [-0.05, 0) is 18.2 Å². The van der Waals surface area contributed by atoms with Crippen molar-refractivity contribution in [2.75, 3.05) is 17.7 Å². The Labute approximate surface area is 153 Å². The van der Waals surface area contributed by atoms with E-state index in [4.69, 9.17) is 4.74 Å². The number of benzene rings is 1. The van der Waals surface area contributed by atoms with Crippen molar-refractivity contribution in [2.45, 2.75) is 0 Å². The second-order valence-electron chi connectivity index (χ2n) is 5.57. The minimum absolute atomic E-state index is 0.166. The minimum Gasteiger partial charge on any atom is -0.494 e. The Bertz CT molecular complexity index is 1100. The van der Waals surface area contributed by atoms with E-state index in [1.165, 1.54) is 0 Å². The number of methoxy groups -OCH3 is 1. The highest BCUT2D eigenvalue weighted by atomic mass is 16.5. The molecule has 0 saturated carbocycles. The van der Waals surface area contributed by atoms with E-state index in [9.17, 15) is 4.79 Å². The molecule has 9 heteroatoms. The topological polar surface area (TPSA) is 118 Å². The summed E-state index contributed by atoms with van der Waals surface area (Å²) in [4.78, 5) is 23.8. The molecule has 1 aromatic carbocycles. The van der Waals surface area contributed by atoms with Crippen LogP contribution in [-0.2, 0) is 4.79 Å². The molecule has 0 saturated heterocycles. The number of H-pyrrole nitrogens is 1. The van der Waals surface area contributed by atoms with Gasteiger partial charge in [-0.15, -0.1) is 0 Å². The number of fused-ring (bicyclic) bond motifs is 1. The number of hydrogen-bond acceptors (Lipinski definition) is 7. The van der Waals surface area contributed by atoms with Gasteiger partial charge in [0.25, 0.3) is 0 Å². The summed E-state index contributed by atoms with van der Waals surface area (Å²) in [6, 6.07) is 11.0. The summed E-state index contributed by atoms with van der Waals surface area (Å²) in [6.45, 7) is 0. The molecule has 3 N–H and O–H groups in total. The van der Waals surface area contributed by atoms with Crippen LogP contribution in [0.25, 0.3) is 22.3 Å². The van der Waals surface area contributed by atoms with Crippen molar-refractivity contribution >= 4 is 34.8 Å². The van der Waals surface area contributed by atoms with Crippen LogP contribution in [0.2, 0.25) is 0 Å². The predicted molar refractivity (Wildman–Crippen MR) is 101 cm³/mol. The molecule has 4 rings (SSSR count). The summed E-state index contributed by atoms with van der Waals surface area (Å²) in [7, 11) is 1.58. The summed E-state index contributed by atoms with van der Waals surface area (Å²) in [6.07, 6.45) is 3.92. The molecular formula is C18H15N7O2. The summed E-state index contributed by atoms with van der Waals surface area (Å²) in [5, 5.41) is 13.5. The molecule has 0 bridgehead atoms. The van der Waals surface area contributed by atoms with Crippen molar-refractivity contribution in [3.05, 3.63) is 48.8 Å². The van der Waals surface area contributed by atoms with Gasteiger partial charge in [0.05, 0.1) is 35.9 Å². The van der Waals surface area contributed by atoms with Crippen LogP contribution in [0.5, 0.6) is 5.75 Å². The van der Waals surface area contributed by atoms with Crippen molar-refractivity contribution in [1.82, 2.24) is 25.1 Å². The van der Waals surface area contributed by atoms with E-state index in [-0.39, 0.29) is 5.95 Å². The SMILES string of the molecule is COc1cc2[nH]ncc2cc1Nc1cc(-c2ccccn2)nc(NC=O)n1. The molecule has 0 aliphatic heterocycles. The molecule has 3 heterocycles. The van der Waals surface area contributed by atoms with Crippen LogP contribution in [0.4, 0.5) is 17.5 Å². The van der Waals surface area contributed by atoms with E-state index in [0.29, 0.717) is 35.1 Å². The number of carbonyl (C=O) groups is 1. The van der Waals surface area contributed by atoms with Gasteiger partial charge < -0.3 is 10.1 Å². The van der Waals surface area contributed by atoms with Crippen LogP contribution in [0.3, 0.4) is 0 Å². The highest BCUT2D eigenvalue weighted by Gasteiger charge is 2.11. The van der Waals surface area contributed by atoms with Crippen molar-refractivity contribution in [1.29, 1.82) is 0 Å². The Morgan fingerprint density at radius 1 is 1.15 bits per heavy atom. The predicted octanol–water partition coefficient (Wildman–Crippen LogP) is 2.74. The molecule has 0 radical (unpaired) electrons. The van der Waals surface area contributed by atoms with Crippen LogP contribution in [0.1, 0.15) is 0 Å². The van der Waals surface area contributed by atoms with Gasteiger partial charge in [0.1, 0.15) is 11.6 Å². The van der Waals surface area contributed by atoms with E-state index in [1.807, 2.05) is 30.3 Å². The van der Waals surface area contributed by atoms with Gasteiger partial charge in [0.15, 0.2) is 0 Å². The fourth-order valence-corrected chi connectivity index (χ4v) is 2.65. The maximum absolute atomic E-state index is 10.9. The Morgan fingerprint density at radius 2 is 2.07 bits per heavy atom.